The minimum Gasteiger partial charge on any atom is -0.388 e. The third-order valence-electron chi connectivity index (χ3n) is 3.33. The lowest BCUT2D eigenvalue weighted by atomic mass is 9.95. The standard InChI is InChI=1S/C16H26O/c1-5-13(4)11-16(17)15-8-6-14(7-9-15)10-12(2)3/h6-9,12-13,16-17H,5,10-11H2,1-4H3. The molecular formula is C16H26O. The van der Waals surface area contributed by atoms with Crippen LogP contribution in [-0.4, -0.2) is 5.11 Å². The highest BCUT2D eigenvalue weighted by atomic mass is 16.3. The maximum atomic E-state index is 10.1. The molecule has 2 atom stereocenters. The average Bonchev–Trinajstić information content (AvgIpc) is 2.28. The van der Waals surface area contributed by atoms with Gasteiger partial charge in [0, 0.05) is 0 Å². The van der Waals surface area contributed by atoms with E-state index in [1.54, 1.807) is 0 Å². The van der Waals surface area contributed by atoms with Gasteiger partial charge in [-0.1, -0.05) is 58.4 Å². The van der Waals surface area contributed by atoms with E-state index in [9.17, 15) is 5.11 Å². The molecular weight excluding hydrogens is 208 g/mol. The molecule has 0 aliphatic rings. The minimum absolute atomic E-state index is 0.307. The lowest BCUT2D eigenvalue weighted by molar-refractivity contribution is 0.146. The molecule has 0 spiro atoms. The maximum absolute atomic E-state index is 10.1. The van der Waals surface area contributed by atoms with E-state index >= 15 is 0 Å². The predicted octanol–water partition coefficient (Wildman–Crippen LogP) is 4.35. The van der Waals surface area contributed by atoms with Gasteiger partial charge in [-0.15, -0.1) is 0 Å². The van der Waals surface area contributed by atoms with E-state index < -0.39 is 0 Å². The summed E-state index contributed by atoms with van der Waals surface area (Å²) in [6, 6.07) is 8.44. The largest absolute Gasteiger partial charge is 0.388 e. The average molecular weight is 234 g/mol. The van der Waals surface area contributed by atoms with E-state index in [4.69, 9.17) is 0 Å². The Hall–Kier alpha value is -0.820. The fourth-order valence-corrected chi connectivity index (χ4v) is 2.03. The van der Waals surface area contributed by atoms with E-state index in [2.05, 4.69) is 52.0 Å². The van der Waals surface area contributed by atoms with Crippen molar-refractivity contribution in [3.05, 3.63) is 35.4 Å². The Kier molecular flexibility index (Phi) is 5.70. The summed E-state index contributed by atoms with van der Waals surface area (Å²) in [4.78, 5) is 0. The second-order valence-corrected chi connectivity index (χ2v) is 5.60. The van der Waals surface area contributed by atoms with Gasteiger partial charge in [-0.2, -0.15) is 0 Å². The molecule has 1 aromatic rings. The van der Waals surface area contributed by atoms with Gasteiger partial charge in [-0.05, 0) is 35.8 Å². The van der Waals surface area contributed by atoms with Crippen LogP contribution in [0.15, 0.2) is 24.3 Å². The Morgan fingerprint density at radius 3 is 2.12 bits per heavy atom. The zero-order chi connectivity index (χ0) is 12.8. The van der Waals surface area contributed by atoms with Crippen LogP contribution in [-0.2, 0) is 6.42 Å². The second-order valence-electron chi connectivity index (χ2n) is 5.60. The number of rotatable bonds is 6. The molecule has 1 nitrogen and oxygen atoms in total. The minimum atomic E-state index is -0.307. The van der Waals surface area contributed by atoms with E-state index in [1.165, 1.54) is 5.56 Å². The molecule has 1 rings (SSSR count). The summed E-state index contributed by atoms with van der Waals surface area (Å²) in [5, 5.41) is 10.1. The molecule has 0 aromatic heterocycles. The highest BCUT2D eigenvalue weighted by Gasteiger charge is 2.11. The van der Waals surface area contributed by atoms with Crippen LogP contribution in [0, 0.1) is 11.8 Å². The first-order chi connectivity index (χ1) is 8.02. The first kappa shape index (κ1) is 14.2. The van der Waals surface area contributed by atoms with Gasteiger partial charge in [0.25, 0.3) is 0 Å². The molecule has 0 aliphatic carbocycles. The molecule has 1 heteroatoms. The highest BCUT2D eigenvalue weighted by Crippen LogP contribution is 2.23. The molecule has 0 saturated carbocycles. The number of hydrogen-bond donors (Lipinski definition) is 1. The molecule has 0 radical (unpaired) electrons. The number of hydrogen-bond acceptors (Lipinski definition) is 1. The summed E-state index contributed by atoms with van der Waals surface area (Å²) >= 11 is 0. The quantitative estimate of drug-likeness (QED) is 0.775. The lowest BCUT2D eigenvalue weighted by Gasteiger charge is -2.16. The first-order valence-electron chi connectivity index (χ1n) is 6.79. The van der Waals surface area contributed by atoms with Gasteiger partial charge in [0.15, 0.2) is 0 Å². The molecule has 17 heavy (non-hydrogen) atoms. The van der Waals surface area contributed by atoms with Crippen LogP contribution in [0.25, 0.3) is 0 Å². The molecule has 0 bridgehead atoms. The van der Waals surface area contributed by atoms with Gasteiger partial charge < -0.3 is 5.11 Å². The summed E-state index contributed by atoms with van der Waals surface area (Å²) < 4.78 is 0. The van der Waals surface area contributed by atoms with Gasteiger partial charge in [0.05, 0.1) is 6.10 Å². The number of benzene rings is 1. The van der Waals surface area contributed by atoms with Crippen LogP contribution < -0.4 is 0 Å². The van der Waals surface area contributed by atoms with Crippen molar-refractivity contribution in [3.63, 3.8) is 0 Å². The third-order valence-corrected chi connectivity index (χ3v) is 3.33. The zero-order valence-electron chi connectivity index (χ0n) is 11.6. The SMILES string of the molecule is CCC(C)CC(O)c1ccc(CC(C)C)cc1. The number of aliphatic hydroxyl groups excluding tert-OH is 1. The molecule has 0 heterocycles. The fraction of sp³-hybridized carbons (Fsp3) is 0.625. The van der Waals surface area contributed by atoms with Crippen LogP contribution >= 0.6 is 0 Å². The molecule has 0 saturated heterocycles. The van der Waals surface area contributed by atoms with Gasteiger partial charge in [0.1, 0.15) is 0 Å². The predicted molar refractivity (Wildman–Crippen MR) is 74.0 cm³/mol. The van der Waals surface area contributed by atoms with Crippen molar-refractivity contribution in [2.24, 2.45) is 11.8 Å². The molecule has 0 fully saturated rings. The van der Waals surface area contributed by atoms with Gasteiger partial charge >= 0.3 is 0 Å². The molecule has 1 N–H and O–H groups in total. The smallest absolute Gasteiger partial charge is 0.0792 e. The van der Waals surface area contributed by atoms with Crippen molar-refractivity contribution in [3.8, 4) is 0 Å². The molecule has 96 valence electrons. The van der Waals surface area contributed by atoms with Gasteiger partial charge in [-0.25, -0.2) is 0 Å². The summed E-state index contributed by atoms with van der Waals surface area (Å²) in [6.45, 7) is 8.82. The van der Waals surface area contributed by atoms with Crippen LogP contribution in [0.3, 0.4) is 0 Å². The number of aliphatic hydroxyl groups is 1. The summed E-state index contributed by atoms with van der Waals surface area (Å²) in [5.41, 5.74) is 2.41. The van der Waals surface area contributed by atoms with E-state index in [0.717, 1.165) is 24.8 Å². The van der Waals surface area contributed by atoms with E-state index in [0.29, 0.717) is 11.8 Å². The molecule has 0 aliphatic heterocycles. The Bertz CT molecular complexity index is 313. The lowest BCUT2D eigenvalue weighted by Crippen LogP contribution is -2.04. The van der Waals surface area contributed by atoms with Crippen LogP contribution in [0.1, 0.15) is 57.8 Å². The van der Waals surface area contributed by atoms with Gasteiger partial charge in [-0.3, -0.25) is 0 Å². The second kappa shape index (κ2) is 6.80. The maximum Gasteiger partial charge on any atom is 0.0792 e. The molecule has 2 unspecified atom stereocenters. The van der Waals surface area contributed by atoms with Crippen LogP contribution in [0.5, 0.6) is 0 Å². The third kappa shape index (κ3) is 4.91. The fourth-order valence-electron chi connectivity index (χ4n) is 2.03. The van der Waals surface area contributed by atoms with E-state index in [1.807, 2.05) is 0 Å². The first-order valence-corrected chi connectivity index (χ1v) is 6.79. The normalized spacial score (nSPS) is 14.9. The molecule has 1 aromatic carbocycles. The van der Waals surface area contributed by atoms with Crippen molar-refractivity contribution < 1.29 is 5.11 Å². The molecule has 0 amide bonds. The van der Waals surface area contributed by atoms with Crippen LogP contribution in [0.4, 0.5) is 0 Å². The Morgan fingerprint density at radius 2 is 1.65 bits per heavy atom. The van der Waals surface area contributed by atoms with Crippen molar-refractivity contribution in [2.45, 2.75) is 53.1 Å². The van der Waals surface area contributed by atoms with Crippen molar-refractivity contribution in [1.82, 2.24) is 0 Å². The summed E-state index contributed by atoms with van der Waals surface area (Å²) in [6.07, 6.45) is 2.79. The van der Waals surface area contributed by atoms with Crippen LogP contribution in [0.2, 0.25) is 0 Å². The van der Waals surface area contributed by atoms with E-state index in [-0.39, 0.29) is 6.10 Å². The Morgan fingerprint density at radius 1 is 1.06 bits per heavy atom. The zero-order valence-corrected chi connectivity index (χ0v) is 11.6. The monoisotopic (exact) mass is 234 g/mol. The summed E-state index contributed by atoms with van der Waals surface area (Å²) in [7, 11) is 0. The summed E-state index contributed by atoms with van der Waals surface area (Å²) in [5.74, 6) is 1.27. The van der Waals surface area contributed by atoms with Crippen molar-refractivity contribution in [2.75, 3.05) is 0 Å². The highest BCUT2D eigenvalue weighted by molar-refractivity contribution is 5.24. The topological polar surface area (TPSA) is 20.2 Å². The Balaban J connectivity index is 2.60. The van der Waals surface area contributed by atoms with Crippen molar-refractivity contribution >= 4 is 0 Å². The van der Waals surface area contributed by atoms with Gasteiger partial charge in [0.2, 0.25) is 0 Å². The Labute approximate surface area is 106 Å². The van der Waals surface area contributed by atoms with Crippen molar-refractivity contribution in [1.29, 1.82) is 0 Å².